The van der Waals surface area contributed by atoms with Crippen molar-refractivity contribution in [1.82, 2.24) is 0 Å². The van der Waals surface area contributed by atoms with Gasteiger partial charge in [-0.05, 0) is 52.4 Å². The molecule has 0 saturated carbocycles. The molecule has 1 aromatic rings. The second-order valence-corrected chi connectivity index (χ2v) is 31.7. The Balaban J connectivity index is 3.41. The lowest BCUT2D eigenvalue weighted by Gasteiger charge is -2.40. The zero-order valence-corrected chi connectivity index (χ0v) is 21.4. The summed E-state index contributed by atoms with van der Waals surface area (Å²) in [5.41, 5.74) is 0. The van der Waals surface area contributed by atoms with Crippen molar-refractivity contribution < 1.29 is 34.1 Å². The summed E-state index contributed by atoms with van der Waals surface area (Å²) in [5.74, 6) is -1.81. The number of hydrogen-bond acceptors (Lipinski definition) is 3. The highest BCUT2D eigenvalue weighted by Crippen LogP contribution is 2.23. The Kier molecular flexibility index (Phi) is 6.88. The molecule has 22 heavy (non-hydrogen) atoms. The van der Waals surface area contributed by atoms with Crippen molar-refractivity contribution in [3.63, 3.8) is 0 Å². The average molecular weight is 486 g/mol. The van der Waals surface area contributed by atoms with Gasteiger partial charge < -0.3 is 12.3 Å². The summed E-state index contributed by atoms with van der Waals surface area (Å²) < 4.78 is 20.0. The third kappa shape index (κ3) is 7.51. The van der Waals surface area contributed by atoms with Gasteiger partial charge in [0.05, 0.1) is 0 Å². The Bertz CT molecular complexity index is 437. The molecule has 3 nitrogen and oxygen atoms in total. The minimum absolute atomic E-state index is 1.10. The quantitative estimate of drug-likeness (QED) is 0.321. The van der Waals surface area contributed by atoms with Crippen molar-refractivity contribution in [2.75, 3.05) is 0 Å². The summed E-state index contributed by atoms with van der Waals surface area (Å²) in [6.07, 6.45) is 0. The molecule has 126 valence electrons. The lowest BCUT2D eigenvalue weighted by molar-refractivity contribution is -0.229. The topological polar surface area (TPSA) is 27.7 Å². The Morgan fingerprint density at radius 1 is 0.682 bits per heavy atom. The number of halogens is 1. The lowest BCUT2D eigenvalue weighted by atomic mass is 10.4. The summed E-state index contributed by atoms with van der Waals surface area (Å²) in [6.45, 7) is 17.7. The highest BCUT2D eigenvalue weighted by atomic mass is 127. The van der Waals surface area contributed by atoms with Gasteiger partial charge in [0.2, 0.25) is 21.8 Å². The minimum Gasteiger partial charge on any atom is -0.413 e. The maximum atomic E-state index is 6.67. The van der Waals surface area contributed by atoms with Gasteiger partial charge in [0.1, 0.15) is 0 Å². The van der Waals surface area contributed by atoms with Crippen LogP contribution < -0.4 is 27.0 Å². The lowest BCUT2D eigenvalue weighted by Crippen LogP contribution is -3.45. The van der Waals surface area contributed by atoms with Crippen molar-refractivity contribution in [3.05, 3.63) is 30.3 Å². The Morgan fingerprint density at radius 2 is 1.09 bits per heavy atom. The van der Waals surface area contributed by atoms with Crippen LogP contribution in [0.2, 0.25) is 52.4 Å². The maximum Gasteiger partial charge on any atom is 0.508 e. The molecule has 0 aliphatic rings. The molecule has 0 aliphatic carbocycles. The summed E-state index contributed by atoms with van der Waals surface area (Å²) in [5, 5.41) is 1.10. The molecule has 8 heteroatoms. The molecule has 0 aliphatic heterocycles. The van der Waals surface area contributed by atoms with Gasteiger partial charge in [-0.15, -0.1) is 0 Å². The highest BCUT2D eigenvalue weighted by molar-refractivity contribution is 6.94. The van der Waals surface area contributed by atoms with Gasteiger partial charge in [0.15, 0.2) is 16.6 Å². The van der Waals surface area contributed by atoms with Crippen LogP contribution in [0.5, 0.6) is 0 Å². The Labute approximate surface area is 152 Å². The number of rotatable bonds is 7. The molecule has 0 heterocycles. The van der Waals surface area contributed by atoms with E-state index >= 15 is 0 Å². The van der Waals surface area contributed by atoms with Crippen LogP contribution in [0.1, 0.15) is 0 Å². The second kappa shape index (κ2) is 7.29. The molecule has 0 aromatic heterocycles. The Morgan fingerprint density at radius 3 is 1.41 bits per heavy atom. The fourth-order valence-corrected chi connectivity index (χ4v) is 17.5. The first-order valence-corrected chi connectivity index (χ1v) is 22.4. The summed E-state index contributed by atoms with van der Waals surface area (Å²) in [7, 11) is -6.53. The van der Waals surface area contributed by atoms with E-state index in [-0.39, 0.29) is 0 Å². The molecule has 1 aromatic carbocycles. The van der Waals surface area contributed by atoms with Crippen LogP contribution in [0.25, 0.3) is 0 Å². The molecule has 0 N–H and O–H groups in total. The van der Waals surface area contributed by atoms with Crippen molar-refractivity contribution in [2.24, 2.45) is 0 Å². The summed E-state index contributed by atoms with van der Waals surface area (Å²) >= 11 is 2.12. The molecule has 0 atom stereocenters. The van der Waals surface area contributed by atoms with Crippen LogP contribution in [0.15, 0.2) is 30.3 Å². The normalized spacial score (nSPS) is 14.2. The molecule has 1 rings (SSSR count). The zero-order chi connectivity index (χ0) is 17.2. The summed E-state index contributed by atoms with van der Waals surface area (Å²) in [4.78, 5) is 0. The molecular formula is C14H30IO3Si4+. The fourth-order valence-electron chi connectivity index (χ4n) is 2.01. The molecular weight excluding hydrogens is 455 g/mol. The van der Waals surface area contributed by atoms with E-state index in [0.29, 0.717) is 0 Å². The monoisotopic (exact) mass is 485 g/mol. The van der Waals surface area contributed by atoms with E-state index in [1.165, 1.54) is 0 Å². The molecule has 0 fully saturated rings. The van der Waals surface area contributed by atoms with Gasteiger partial charge in [-0.1, -0.05) is 30.3 Å². The smallest absolute Gasteiger partial charge is 0.413 e. The van der Waals surface area contributed by atoms with E-state index in [9.17, 15) is 0 Å². The molecule has 0 saturated heterocycles. The van der Waals surface area contributed by atoms with Crippen LogP contribution >= 0.6 is 0 Å². The fraction of sp³-hybridized carbons (Fsp3) is 0.571. The Hall–Kier alpha value is 0.698. The molecule has 0 unspecified atom stereocenters. The van der Waals surface area contributed by atoms with Crippen LogP contribution in [0, 0.1) is 0 Å². The van der Waals surface area contributed by atoms with Gasteiger partial charge in [0.25, 0.3) is 0 Å². The third-order valence-corrected chi connectivity index (χ3v) is 15.7. The van der Waals surface area contributed by atoms with E-state index in [2.05, 4.69) is 86.3 Å². The van der Waals surface area contributed by atoms with Crippen LogP contribution in [0.3, 0.4) is 0 Å². The van der Waals surface area contributed by atoms with Crippen LogP contribution in [-0.2, 0) is 12.3 Å². The van der Waals surface area contributed by atoms with Gasteiger partial charge >= 0.3 is 14.6 Å². The van der Waals surface area contributed by atoms with E-state index in [1.54, 1.807) is 0 Å². The first-order valence-electron chi connectivity index (χ1n) is 7.59. The van der Waals surface area contributed by atoms with Crippen molar-refractivity contribution >= 4 is 36.4 Å². The van der Waals surface area contributed by atoms with Crippen molar-refractivity contribution in [2.45, 2.75) is 52.4 Å². The van der Waals surface area contributed by atoms with Crippen molar-refractivity contribution in [1.29, 1.82) is 0 Å². The van der Waals surface area contributed by atoms with Gasteiger partial charge in [-0.3, -0.25) is 0 Å². The van der Waals surface area contributed by atoms with Gasteiger partial charge in [0, 0.05) is 5.19 Å². The predicted octanol–water partition coefficient (Wildman–Crippen LogP) is 0.540. The standard InChI is InChI=1S/C14H30IO3Si4/c1-19(2,3)16-22(17-20(4,5)6,18-21(7,8)15)14-12-10-9-11-13-14/h9-13,15H,1-8H3/q+1. The number of hydrogen-bond donors (Lipinski definition) is 0. The molecule has 0 radical (unpaired) electrons. The third-order valence-electron chi connectivity index (χ3n) is 2.39. The molecule has 0 spiro atoms. The second-order valence-electron chi connectivity index (χ2n) is 7.85. The van der Waals surface area contributed by atoms with E-state index in [0.717, 1.165) is 5.19 Å². The summed E-state index contributed by atoms with van der Waals surface area (Å²) in [6, 6.07) is 10.3. The predicted molar refractivity (Wildman–Crippen MR) is 101 cm³/mol. The number of benzene rings is 1. The molecule has 0 amide bonds. The first-order chi connectivity index (χ1) is 9.73. The average Bonchev–Trinajstić information content (AvgIpc) is 2.22. The highest BCUT2D eigenvalue weighted by Gasteiger charge is 2.55. The van der Waals surface area contributed by atoms with Crippen LogP contribution in [-0.4, -0.2) is 31.3 Å². The minimum atomic E-state index is -2.89. The SMILES string of the molecule is C[Si](C)(C)O[Si](O[Si](C)(C)C)(O[Si](C)(C)[IH+])c1ccccc1. The van der Waals surface area contributed by atoms with E-state index in [1.807, 2.05) is 18.2 Å². The zero-order valence-electron chi connectivity index (χ0n) is 15.0. The largest absolute Gasteiger partial charge is 0.508 e. The van der Waals surface area contributed by atoms with E-state index < -0.39 is 31.3 Å². The first kappa shape index (κ1) is 20.7. The van der Waals surface area contributed by atoms with Crippen LogP contribution in [0.4, 0.5) is 0 Å². The van der Waals surface area contributed by atoms with E-state index in [4.69, 9.17) is 12.3 Å². The van der Waals surface area contributed by atoms with Gasteiger partial charge in [-0.25, -0.2) is 0 Å². The van der Waals surface area contributed by atoms with Gasteiger partial charge in [-0.2, -0.15) is 0 Å². The van der Waals surface area contributed by atoms with Crippen molar-refractivity contribution in [3.8, 4) is 0 Å². The molecule has 0 bridgehead atoms. The maximum absolute atomic E-state index is 6.67.